The number of aryl methyl sites for hydroxylation is 1. The van der Waals surface area contributed by atoms with Crippen molar-refractivity contribution in [1.29, 1.82) is 0 Å². The molecule has 4 nitrogen and oxygen atoms in total. The second kappa shape index (κ2) is 6.04. The van der Waals surface area contributed by atoms with Crippen molar-refractivity contribution in [2.45, 2.75) is 13.8 Å². The van der Waals surface area contributed by atoms with Gasteiger partial charge < -0.3 is 14.6 Å². The lowest BCUT2D eigenvalue weighted by molar-refractivity contribution is 0.101. The van der Waals surface area contributed by atoms with E-state index in [1.807, 2.05) is 6.92 Å². The number of ketones is 1. The molecule has 0 atom stereocenters. The van der Waals surface area contributed by atoms with E-state index >= 15 is 0 Å². The molecule has 1 aliphatic rings. The molecule has 0 radical (unpaired) electrons. The first kappa shape index (κ1) is 16.7. The van der Waals surface area contributed by atoms with Crippen molar-refractivity contribution >= 4 is 35.1 Å². The molecule has 1 aliphatic heterocycles. The van der Waals surface area contributed by atoms with E-state index in [2.05, 4.69) is 0 Å². The second-order valence-electron chi connectivity index (χ2n) is 5.50. The summed E-state index contributed by atoms with van der Waals surface area (Å²) in [4.78, 5) is 12.6. The van der Waals surface area contributed by atoms with E-state index in [1.165, 1.54) is 13.2 Å². The van der Waals surface area contributed by atoms with Crippen LogP contribution in [0.15, 0.2) is 24.0 Å². The number of halogens is 2. The number of benzene rings is 2. The summed E-state index contributed by atoms with van der Waals surface area (Å²) in [6.45, 7) is 3.65. The van der Waals surface area contributed by atoms with E-state index in [4.69, 9.17) is 32.7 Å². The van der Waals surface area contributed by atoms with Crippen LogP contribution in [-0.2, 0) is 0 Å². The van der Waals surface area contributed by atoms with Gasteiger partial charge in [0.25, 0.3) is 0 Å². The maximum absolute atomic E-state index is 12.6. The minimum absolute atomic E-state index is 0.124. The molecule has 0 fully saturated rings. The van der Waals surface area contributed by atoms with Crippen molar-refractivity contribution in [2.75, 3.05) is 7.11 Å². The van der Waals surface area contributed by atoms with Gasteiger partial charge in [-0.15, -0.1) is 0 Å². The molecule has 0 saturated heterocycles. The molecule has 0 bridgehead atoms. The smallest absolute Gasteiger partial charge is 0.232 e. The average Bonchev–Trinajstić information content (AvgIpc) is 2.84. The Bertz CT molecular complexity index is 901. The molecule has 0 spiro atoms. The Morgan fingerprint density at radius 1 is 1.21 bits per heavy atom. The number of allylic oxidation sites excluding steroid dienone is 1. The number of phenolic OH excluding ortho intramolecular Hbond substituents is 1. The number of ether oxygens (including phenoxy) is 2. The number of rotatable bonds is 2. The molecule has 0 aromatic heterocycles. The van der Waals surface area contributed by atoms with Crippen LogP contribution in [0, 0.1) is 13.8 Å². The third-order valence-electron chi connectivity index (χ3n) is 3.88. The predicted octanol–water partition coefficient (Wildman–Crippen LogP) is 4.94. The Morgan fingerprint density at radius 2 is 1.92 bits per heavy atom. The number of hydrogen-bond donors (Lipinski definition) is 1. The molecule has 0 aliphatic carbocycles. The van der Waals surface area contributed by atoms with Crippen LogP contribution in [0.25, 0.3) is 6.08 Å². The Kier molecular flexibility index (Phi) is 4.20. The summed E-state index contributed by atoms with van der Waals surface area (Å²) in [5.41, 5.74) is 2.58. The van der Waals surface area contributed by atoms with Crippen LogP contribution in [-0.4, -0.2) is 18.0 Å². The van der Waals surface area contributed by atoms with Crippen LogP contribution >= 0.6 is 23.2 Å². The number of fused-ring (bicyclic) bond motifs is 1. The maximum atomic E-state index is 12.6. The number of Topliss-reactive ketones (excluding diaryl/α,β-unsaturated/α-hetero) is 1. The normalized spacial score (nSPS) is 14.7. The number of aromatic hydroxyl groups is 1. The highest BCUT2D eigenvalue weighted by Gasteiger charge is 2.31. The van der Waals surface area contributed by atoms with Gasteiger partial charge in [-0.05, 0) is 54.8 Å². The quantitative estimate of drug-likeness (QED) is 0.766. The van der Waals surface area contributed by atoms with E-state index in [-0.39, 0.29) is 28.1 Å². The number of carbonyl (C=O) groups is 1. The van der Waals surface area contributed by atoms with Gasteiger partial charge in [0, 0.05) is 5.02 Å². The average molecular weight is 365 g/mol. The van der Waals surface area contributed by atoms with Gasteiger partial charge in [0.1, 0.15) is 5.75 Å². The van der Waals surface area contributed by atoms with Crippen LogP contribution in [0.4, 0.5) is 0 Å². The number of carbonyl (C=O) groups excluding carboxylic acids is 1. The zero-order valence-corrected chi connectivity index (χ0v) is 14.7. The first-order valence-electron chi connectivity index (χ1n) is 7.14. The van der Waals surface area contributed by atoms with Crippen molar-refractivity contribution in [2.24, 2.45) is 0 Å². The molecule has 1 heterocycles. The SMILES string of the molecule is COc1cc(C=C2Oc3cc(C)c(Cl)c(C)c3C2=O)cc(Cl)c1O. The summed E-state index contributed by atoms with van der Waals surface area (Å²) in [6, 6.07) is 4.84. The largest absolute Gasteiger partial charge is 0.503 e. The van der Waals surface area contributed by atoms with Crippen molar-refractivity contribution in [1.82, 2.24) is 0 Å². The van der Waals surface area contributed by atoms with Gasteiger partial charge in [-0.3, -0.25) is 4.79 Å². The standard InChI is InChI=1S/C18H14Cl2O4/c1-8-4-12-15(9(2)16(8)20)18(22)14(24-12)7-10-5-11(19)17(21)13(6-10)23-3/h4-7,21H,1-3H3. The molecule has 2 aromatic carbocycles. The summed E-state index contributed by atoms with van der Waals surface area (Å²) in [5, 5.41) is 10.5. The Balaban J connectivity index is 2.07. The van der Waals surface area contributed by atoms with Gasteiger partial charge in [0.2, 0.25) is 5.78 Å². The lowest BCUT2D eigenvalue weighted by Gasteiger charge is -2.07. The third kappa shape index (κ3) is 2.62. The summed E-state index contributed by atoms with van der Waals surface area (Å²) in [6.07, 6.45) is 1.55. The molecular weight excluding hydrogens is 351 g/mol. The third-order valence-corrected chi connectivity index (χ3v) is 4.75. The zero-order valence-electron chi connectivity index (χ0n) is 13.2. The molecule has 0 unspecified atom stereocenters. The molecule has 2 aromatic rings. The Labute approximate surface area is 149 Å². The van der Waals surface area contributed by atoms with Gasteiger partial charge in [-0.25, -0.2) is 0 Å². The fraction of sp³-hybridized carbons (Fsp3) is 0.167. The summed E-state index contributed by atoms with van der Waals surface area (Å²) < 4.78 is 10.8. The molecule has 3 rings (SSSR count). The lowest BCUT2D eigenvalue weighted by Crippen LogP contribution is -2.00. The van der Waals surface area contributed by atoms with Crippen molar-refractivity contribution < 1.29 is 19.4 Å². The van der Waals surface area contributed by atoms with E-state index in [1.54, 1.807) is 25.1 Å². The molecule has 24 heavy (non-hydrogen) atoms. The minimum atomic E-state index is -0.243. The van der Waals surface area contributed by atoms with Crippen LogP contribution < -0.4 is 9.47 Å². The van der Waals surface area contributed by atoms with Gasteiger partial charge in [-0.1, -0.05) is 23.2 Å². The van der Waals surface area contributed by atoms with E-state index in [0.29, 0.717) is 27.5 Å². The highest BCUT2D eigenvalue weighted by Crippen LogP contribution is 2.40. The number of phenols is 1. The Morgan fingerprint density at radius 3 is 2.58 bits per heavy atom. The zero-order chi connectivity index (χ0) is 17.6. The van der Waals surface area contributed by atoms with E-state index in [9.17, 15) is 9.90 Å². The van der Waals surface area contributed by atoms with Crippen molar-refractivity contribution in [3.63, 3.8) is 0 Å². The molecule has 0 saturated carbocycles. The Hall–Kier alpha value is -2.17. The summed E-state index contributed by atoms with van der Waals surface area (Å²) in [5.74, 6) is 0.475. The first-order valence-corrected chi connectivity index (χ1v) is 7.89. The van der Waals surface area contributed by atoms with Gasteiger partial charge in [0.15, 0.2) is 17.3 Å². The minimum Gasteiger partial charge on any atom is -0.503 e. The molecule has 0 amide bonds. The van der Waals surface area contributed by atoms with Gasteiger partial charge in [-0.2, -0.15) is 0 Å². The van der Waals surface area contributed by atoms with Crippen LogP contribution in [0.1, 0.15) is 27.0 Å². The van der Waals surface area contributed by atoms with Gasteiger partial charge >= 0.3 is 0 Å². The molecule has 124 valence electrons. The highest BCUT2D eigenvalue weighted by atomic mass is 35.5. The predicted molar refractivity (Wildman–Crippen MR) is 93.5 cm³/mol. The van der Waals surface area contributed by atoms with Crippen molar-refractivity contribution in [3.8, 4) is 17.2 Å². The van der Waals surface area contributed by atoms with Crippen LogP contribution in [0.2, 0.25) is 10.0 Å². The fourth-order valence-corrected chi connectivity index (χ4v) is 3.02. The fourth-order valence-electron chi connectivity index (χ4n) is 2.65. The molecule has 1 N–H and O–H groups in total. The lowest BCUT2D eigenvalue weighted by atomic mass is 10.0. The highest BCUT2D eigenvalue weighted by molar-refractivity contribution is 6.33. The van der Waals surface area contributed by atoms with Crippen LogP contribution in [0.3, 0.4) is 0 Å². The number of hydrogen-bond acceptors (Lipinski definition) is 4. The van der Waals surface area contributed by atoms with E-state index < -0.39 is 0 Å². The van der Waals surface area contributed by atoms with Crippen molar-refractivity contribution in [3.05, 3.63) is 56.3 Å². The summed E-state index contributed by atoms with van der Waals surface area (Å²) >= 11 is 12.2. The van der Waals surface area contributed by atoms with Crippen LogP contribution in [0.5, 0.6) is 17.2 Å². The second-order valence-corrected chi connectivity index (χ2v) is 6.28. The summed E-state index contributed by atoms with van der Waals surface area (Å²) in [7, 11) is 1.42. The van der Waals surface area contributed by atoms with Gasteiger partial charge in [0.05, 0.1) is 17.7 Å². The maximum Gasteiger partial charge on any atom is 0.232 e. The topological polar surface area (TPSA) is 55.8 Å². The molecule has 6 heteroatoms. The monoisotopic (exact) mass is 364 g/mol. The first-order chi connectivity index (χ1) is 11.3. The number of methoxy groups -OCH3 is 1. The molecular formula is C18H14Cl2O4. The van der Waals surface area contributed by atoms with E-state index in [0.717, 1.165) is 5.56 Å².